The summed E-state index contributed by atoms with van der Waals surface area (Å²) in [5.41, 5.74) is 2.20. The SMILES string of the molecule is CN(C)c1ccc(NCCC(=O)NCCN2CCOCC2)cc1. The Morgan fingerprint density at radius 2 is 1.87 bits per heavy atom. The molecule has 1 fully saturated rings. The molecule has 6 heteroatoms. The Bertz CT molecular complexity index is 470. The maximum atomic E-state index is 11.8. The van der Waals surface area contributed by atoms with Gasteiger partial charge in [-0.05, 0) is 24.3 Å². The lowest BCUT2D eigenvalue weighted by Crippen LogP contribution is -2.41. The van der Waals surface area contributed by atoms with E-state index in [2.05, 4.69) is 32.6 Å². The molecule has 0 atom stereocenters. The van der Waals surface area contributed by atoms with E-state index in [1.807, 2.05) is 26.2 Å². The summed E-state index contributed by atoms with van der Waals surface area (Å²) in [5.74, 6) is 0.0932. The zero-order valence-electron chi connectivity index (χ0n) is 14.2. The molecule has 128 valence electrons. The lowest BCUT2D eigenvalue weighted by molar-refractivity contribution is -0.120. The third kappa shape index (κ3) is 6.46. The maximum Gasteiger partial charge on any atom is 0.221 e. The van der Waals surface area contributed by atoms with Gasteiger partial charge in [0.25, 0.3) is 0 Å². The monoisotopic (exact) mass is 320 g/mol. The van der Waals surface area contributed by atoms with Gasteiger partial charge in [-0.25, -0.2) is 0 Å². The summed E-state index contributed by atoms with van der Waals surface area (Å²) in [4.78, 5) is 16.2. The predicted molar refractivity (Wildman–Crippen MR) is 94.1 cm³/mol. The summed E-state index contributed by atoms with van der Waals surface area (Å²) in [5, 5.41) is 6.25. The molecule has 0 radical (unpaired) electrons. The maximum absolute atomic E-state index is 11.8. The van der Waals surface area contributed by atoms with Gasteiger partial charge in [-0.15, -0.1) is 0 Å². The third-order valence-electron chi connectivity index (χ3n) is 3.92. The van der Waals surface area contributed by atoms with Crippen LogP contribution in [0.1, 0.15) is 6.42 Å². The molecule has 0 unspecified atom stereocenters. The van der Waals surface area contributed by atoms with Crippen molar-refractivity contribution in [1.29, 1.82) is 0 Å². The lowest BCUT2D eigenvalue weighted by atomic mass is 10.2. The number of ether oxygens (including phenoxy) is 1. The second-order valence-electron chi connectivity index (χ2n) is 5.92. The number of nitrogens with one attached hydrogen (secondary N) is 2. The van der Waals surface area contributed by atoms with E-state index in [4.69, 9.17) is 4.74 Å². The van der Waals surface area contributed by atoms with Gasteiger partial charge in [0.05, 0.1) is 13.2 Å². The first kappa shape index (κ1) is 17.6. The van der Waals surface area contributed by atoms with Crippen molar-refractivity contribution in [1.82, 2.24) is 10.2 Å². The average Bonchev–Trinajstić information content (AvgIpc) is 2.56. The highest BCUT2D eigenvalue weighted by molar-refractivity contribution is 5.76. The molecule has 1 saturated heterocycles. The number of carbonyl (C=O) groups excluding carboxylic acids is 1. The minimum Gasteiger partial charge on any atom is -0.385 e. The van der Waals surface area contributed by atoms with Gasteiger partial charge in [0.2, 0.25) is 5.91 Å². The first-order valence-corrected chi connectivity index (χ1v) is 8.23. The van der Waals surface area contributed by atoms with Crippen LogP contribution in [-0.4, -0.2) is 70.8 Å². The van der Waals surface area contributed by atoms with Crippen LogP contribution in [0.5, 0.6) is 0 Å². The van der Waals surface area contributed by atoms with Crippen LogP contribution in [0.3, 0.4) is 0 Å². The Morgan fingerprint density at radius 1 is 1.17 bits per heavy atom. The van der Waals surface area contributed by atoms with Crippen molar-refractivity contribution in [3.8, 4) is 0 Å². The van der Waals surface area contributed by atoms with Crippen LogP contribution in [0.4, 0.5) is 11.4 Å². The van der Waals surface area contributed by atoms with Gasteiger partial charge in [-0.1, -0.05) is 0 Å². The summed E-state index contributed by atoms with van der Waals surface area (Å²) in [6.45, 7) is 5.76. The van der Waals surface area contributed by atoms with E-state index in [0.29, 0.717) is 19.5 Å². The highest BCUT2D eigenvalue weighted by atomic mass is 16.5. The van der Waals surface area contributed by atoms with Crippen molar-refractivity contribution in [2.24, 2.45) is 0 Å². The van der Waals surface area contributed by atoms with Crippen molar-refractivity contribution >= 4 is 17.3 Å². The predicted octanol–water partition coefficient (Wildman–Crippen LogP) is 1.00. The average molecular weight is 320 g/mol. The first-order valence-electron chi connectivity index (χ1n) is 8.23. The van der Waals surface area contributed by atoms with Crippen LogP contribution >= 0.6 is 0 Å². The molecular formula is C17H28N4O2. The zero-order chi connectivity index (χ0) is 16.5. The van der Waals surface area contributed by atoms with E-state index in [0.717, 1.165) is 44.2 Å². The van der Waals surface area contributed by atoms with Gasteiger partial charge in [0.15, 0.2) is 0 Å². The van der Waals surface area contributed by atoms with E-state index in [-0.39, 0.29) is 5.91 Å². The van der Waals surface area contributed by atoms with E-state index < -0.39 is 0 Å². The highest BCUT2D eigenvalue weighted by Crippen LogP contribution is 2.15. The van der Waals surface area contributed by atoms with E-state index in [1.54, 1.807) is 0 Å². The minimum atomic E-state index is 0.0932. The lowest BCUT2D eigenvalue weighted by Gasteiger charge is -2.26. The van der Waals surface area contributed by atoms with Gasteiger partial charge >= 0.3 is 0 Å². The Hall–Kier alpha value is -1.79. The van der Waals surface area contributed by atoms with Crippen LogP contribution < -0.4 is 15.5 Å². The van der Waals surface area contributed by atoms with Gasteiger partial charge in [0.1, 0.15) is 0 Å². The molecule has 1 aromatic rings. The quantitative estimate of drug-likeness (QED) is 0.748. The first-order chi connectivity index (χ1) is 11.1. The molecule has 2 rings (SSSR count). The second-order valence-corrected chi connectivity index (χ2v) is 5.92. The fourth-order valence-corrected chi connectivity index (χ4v) is 2.46. The molecule has 1 aliphatic heterocycles. The Balaban J connectivity index is 1.57. The van der Waals surface area contributed by atoms with Crippen molar-refractivity contribution in [2.45, 2.75) is 6.42 Å². The standard InChI is InChI=1S/C17H28N4O2/c1-20(2)16-5-3-15(4-6-16)18-8-7-17(22)19-9-10-21-11-13-23-14-12-21/h3-6,18H,7-14H2,1-2H3,(H,19,22). The zero-order valence-corrected chi connectivity index (χ0v) is 14.2. The molecule has 1 aromatic carbocycles. The number of carbonyl (C=O) groups is 1. The summed E-state index contributed by atoms with van der Waals surface area (Å²) in [6.07, 6.45) is 0.485. The van der Waals surface area contributed by atoms with Gasteiger partial charge in [-0.2, -0.15) is 0 Å². The number of nitrogens with zero attached hydrogens (tertiary/aromatic N) is 2. The molecule has 23 heavy (non-hydrogen) atoms. The van der Waals surface area contributed by atoms with Crippen molar-refractivity contribution in [3.63, 3.8) is 0 Å². The number of hydrogen-bond acceptors (Lipinski definition) is 5. The highest BCUT2D eigenvalue weighted by Gasteiger charge is 2.10. The van der Waals surface area contributed by atoms with E-state index in [9.17, 15) is 4.79 Å². The smallest absolute Gasteiger partial charge is 0.221 e. The molecule has 0 saturated carbocycles. The molecule has 0 aromatic heterocycles. The number of anilines is 2. The van der Waals surface area contributed by atoms with Gasteiger partial charge in [-0.3, -0.25) is 9.69 Å². The molecule has 1 aliphatic rings. The van der Waals surface area contributed by atoms with Crippen molar-refractivity contribution in [2.75, 3.05) is 70.2 Å². The van der Waals surface area contributed by atoms with Crippen molar-refractivity contribution < 1.29 is 9.53 Å². The summed E-state index contributed by atoms with van der Waals surface area (Å²) in [6, 6.07) is 8.19. The van der Waals surface area contributed by atoms with Crippen LogP contribution in [0, 0.1) is 0 Å². The molecule has 1 heterocycles. The van der Waals surface area contributed by atoms with E-state index in [1.165, 1.54) is 0 Å². The molecule has 0 aliphatic carbocycles. The fourth-order valence-electron chi connectivity index (χ4n) is 2.46. The van der Waals surface area contributed by atoms with Crippen LogP contribution in [0.15, 0.2) is 24.3 Å². The normalized spacial score (nSPS) is 15.2. The second kappa shape index (κ2) is 9.37. The van der Waals surface area contributed by atoms with Crippen LogP contribution in [-0.2, 0) is 9.53 Å². The molecule has 1 amide bonds. The number of morpholine rings is 1. The van der Waals surface area contributed by atoms with Crippen molar-refractivity contribution in [3.05, 3.63) is 24.3 Å². The summed E-state index contributed by atoms with van der Waals surface area (Å²) >= 11 is 0. The van der Waals surface area contributed by atoms with Crippen LogP contribution in [0.25, 0.3) is 0 Å². The largest absolute Gasteiger partial charge is 0.385 e. The summed E-state index contributed by atoms with van der Waals surface area (Å²) in [7, 11) is 4.04. The number of rotatable bonds is 8. The summed E-state index contributed by atoms with van der Waals surface area (Å²) < 4.78 is 5.30. The molecule has 0 bridgehead atoms. The molecule has 6 nitrogen and oxygen atoms in total. The molecule has 2 N–H and O–H groups in total. The molecular weight excluding hydrogens is 292 g/mol. The number of hydrogen-bond donors (Lipinski definition) is 2. The number of benzene rings is 1. The van der Waals surface area contributed by atoms with Gasteiger partial charge < -0.3 is 20.3 Å². The Labute approximate surface area is 138 Å². The topological polar surface area (TPSA) is 56.8 Å². The fraction of sp³-hybridized carbons (Fsp3) is 0.588. The molecule has 0 spiro atoms. The van der Waals surface area contributed by atoms with Gasteiger partial charge in [0, 0.05) is 64.6 Å². The Morgan fingerprint density at radius 3 is 2.52 bits per heavy atom. The Kier molecular flexibility index (Phi) is 7.16. The minimum absolute atomic E-state index is 0.0932. The number of amides is 1. The van der Waals surface area contributed by atoms with Crippen LogP contribution in [0.2, 0.25) is 0 Å². The third-order valence-corrected chi connectivity index (χ3v) is 3.92. The van der Waals surface area contributed by atoms with E-state index >= 15 is 0 Å².